The van der Waals surface area contributed by atoms with Crippen molar-refractivity contribution in [2.24, 2.45) is 16.8 Å². The summed E-state index contributed by atoms with van der Waals surface area (Å²) in [7, 11) is 0. The fourth-order valence-corrected chi connectivity index (χ4v) is 2.44. The van der Waals surface area contributed by atoms with Crippen molar-refractivity contribution >= 4 is 5.71 Å². The highest BCUT2D eigenvalue weighted by molar-refractivity contribution is 5.88. The Morgan fingerprint density at radius 2 is 2.18 bits per heavy atom. The molecule has 1 aliphatic heterocycles. The van der Waals surface area contributed by atoms with Gasteiger partial charge < -0.3 is 0 Å². The molecule has 1 nitrogen and oxygen atoms in total. The highest BCUT2D eigenvalue weighted by atomic mass is 14.8. The third-order valence-electron chi connectivity index (χ3n) is 3.21. The Bertz CT molecular complexity index is 172. The van der Waals surface area contributed by atoms with Crippen LogP contribution in [-0.2, 0) is 0 Å². The molecule has 1 fully saturated rings. The van der Waals surface area contributed by atoms with Gasteiger partial charge in [0.2, 0.25) is 0 Å². The van der Waals surface area contributed by atoms with Gasteiger partial charge in [0.1, 0.15) is 0 Å². The normalized spacial score (nSPS) is 37.7. The Hall–Kier alpha value is -0.330. The molecule has 11 heavy (non-hydrogen) atoms. The highest BCUT2D eigenvalue weighted by Gasteiger charge is 2.27. The quantitative estimate of drug-likeness (QED) is 0.504. The van der Waals surface area contributed by atoms with Gasteiger partial charge in [0.25, 0.3) is 0 Å². The minimum atomic E-state index is 0.873. The van der Waals surface area contributed by atoms with Crippen LogP contribution in [0.25, 0.3) is 0 Å². The number of fused-ring (bicyclic) bond motifs is 1. The van der Waals surface area contributed by atoms with Crippen molar-refractivity contribution in [2.45, 2.75) is 39.0 Å². The van der Waals surface area contributed by atoms with Crippen LogP contribution < -0.4 is 0 Å². The van der Waals surface area contributed by atoms with Gasteiger partial charge in [-0.05, 0) is 37.5 Å². The maximum Gasteiger partial charge on any atom is 0.0391 e. The summed E-state index contributed by atoms with van der Waals surface area (Å²) in [5.41, 5.74) is 1.55. The van der Waals surface area contributed by atoms with E-state index in [9.17, 15) is 0 Å². The van der Waals surface area contributed by atoms with E-state index in [0.717, 1.165) is 18.4 Å². The number of hydrogen-bond acceptors (Lipinski definition) is 1. The van der Waals surface area contributed by atoms with E-state index >= 15 is 0 Å². The van der Waals surface area contributed by atoms with Gasteiger partial charge in [-0.25, -0.2) is 0 Å². The van der Waals surface area contributed by atoms with E-state index in [1.54, 1.807) is 5.71 Å². The van der Waals surface area contributed by atoms with Crippen LogP contribution in [0.3, 0.4) is 0 Å². The fourth-order valence-electron chi connectivity index (χ4n) is 2.44. The van der Waals surface area contributed by atoms with Crippen molar-refractivity contribution in [2.75, 3.05) is 6.54 Å². The molecule has 0 radical (unpaired) electrons. The van der Waals surface area contributed by atoms with Gasteiger partial charge in [0.05, 0.1) is 0 Å². The van der Waals surface area contributed by atoms with Crippen molar-refractivity contribution < 1.29 is 0 Å². The Balaban J connectivity index is 2.13. The maximum absolute atomic E-state index is 4.62. The lowest BCUT2D eigenvalue weighted by atomic mass is 9.76. The van der Waals surface area contributed by atoms with E-state index in [1.165, 1.54) is 32.1 Å². The van der Waals surface area contributed by atoms with Crippen LogP contribution >= 0.6 is 0 Å². The largest absolute Gasteiger partial charge is 0.294 e. The topological polar surface area (TPSA) is 12.4 Å². The number of nitrogens with zero attached hydrogens (tertiary/aromatic N) is 1. The predicted octanol–water partition coefficient (Wildman–Crippen LogP) is 2.66. The van der Waals surface area contributed by atoms with Crippen LogP contribution in [-0.4, -0.2) is 12.3 Å². The first-order valence-corrected chi connectivity index (χ1v) is 4.91. The Labute approximate surface area is 68.9 Å². The molecular formula is C10H17N. The van der Waals surface area contributed by atoms with Crippen LogP contribution in [0.2, 0.25) is 0 Å². The van der Waals surface area contributed by atoms with Crippen molar-refractivity contribution in [1.82, 2.24) is 0 Å². The lowest BCUT2D eigenvalue weighted by Gasteiger charge is -2.32. The third kappa shape index (κ3) is 1.33. The van der Waals surface area contributed by atoms with Crippen LogP contribution in [0.5, 0.6) is 0 Å². The molecule has 0 aromatic rings. The first kappa shape index (κ1) is 7.33. The van der Waals surface area contributed by atoms with Crippen molar-refractivity contribution in [3.8, 4) is 0 Å². The first-order chi connectivity index (χ1) is 5.38. The molecule has 0 N–H and O–H groups in total. The summed E-state index contributed by atoms with van der Waals surface area (Å²) in [6.07, 6.45) is 6.87. The van der Waals surface area contributed by atoms with Gasteiger partial charge >= 0.3 is 0 Å². The van der Waals surface area contributed by atoms with Crippen LogP contribution in [0.4, 0.5) is 0 Å². The second kappa shape index (κ2) is 2.96. The molecule has 1 aliphatic carbocycles. The number of rotatable bonds is 0. The van der Waals surface area contributed by atoms with Crippen LogP contribution in [0.15, 0.2) is 4.99 Å². The smallest absolute Gasteiger partial charge is 0.0391 e. The van der Waals surface area contributed by atoms with E-state index in [2.05, 4.69) is 11.9 Å². The third-order valence-corrected chi connectivity index (χ3v) is 3.21. The Kier molecular flexibility index (Phi) is 1.97. The summed E-state index contributed by atoms with van der Waals surface area (Å²) in [5.74, 6) is 1.79. The summed E-state index contributed by atoms with van der Waals surface area (Å²) in [5, 5.41) is 0. The van der Waals surface area contributed by atoms with E-state index in [0.29, 0.717) is 0 Å². The molecule has 2 atom stereocenters. The summed E-state index contributed by atoms with van der Waals surface area (Å²) in [6.45, 7) is 3.50. The molecule has 1 heteroatoms. The van der Waals surface area contributed by atoms with Gasteiger partial charge in [0.15, 0.2) is 0 Å². The van der Waals surface area contributed by atoms with Gasteiger partial charge in [-0.2, -0.15) is 0 Å². The molecular weight excluding hydrogens is 134 g/mol. The standard InChI is InChI=1S/C10H17N/c1-8-6-7-11-10-5-3-2-4-9(8)10/h8-9H,2-7H2,1H3/t8-,9-/m1/s1. The predicted molar refractivity (Wildman–Crippen MR) is 48.0 cm³/mol. The second-order valence-corrected chi connectivity index (χ2v) is 3.99. The molecule has 2 rings (SSSR count). The van der Waals surface area contributed by atoms with Crippen molar-refractivity contribution in [1.29, 1.82) is 0 Å². The van der Waals surface area contributed by atoms with Gasteiger partial charge in [0, 0.05) is 12.3 Å². The molecule has 0 saturated heterocycles. The Morgan fingerprint density at radius 1 is 1.27 bits per heavy atom. The average molecular weight is 151 g/mol. The van der Waals surface area contributed by atoms with E-state index in [4.69, 9.17) is 0 Å². The zero-order valence-corrected chi connectivity index (χ0v) is 7.34. The summed E-state index contributed by atoms with van der Waals surface area (Å²) >= 11 is 0. The van der Waals surface area contributed by atoms with E-state index in [-0.39, 0.29) is 0 Å². The summed E-state index contributed by atoms with van der Waals surface area (Å²) in [6, 6.07) is 0. The molecule has 0 aromatic heterocycles. The minimum Gasteiger partial charge on any atom is -0.294 e. The molecule has 0 unspecified atom stereocenters. The first-order valence-electron chi connectivity index (χ1n) is 4.91. The van der Waals surface area contributed by atoms with Crippen LogP contribution in [0.1, 0.15) is 39.0 Å². The van der Waals surface area contributed by atoms with Gasteiger partial charge in [-0.1, -0.05) is 13.3 Å². The molecule has 1 heterocycles. The van der Waals surface area contributed by atoms with Crippen molar-refractivity contribution in [3.63, 3.8) is 0 Å². The highest BCUT2D eigenvalue weighted by Crippen LogP contribution is 2.32. The number of hydrogen-bond donors (Lipinski definition) is 0. The van der Waals surface area contributed by atoms with Gasteiger partial charge in [-0.15, -0.1) is 0 Å². The fraction of sp³-hybridized carbons (Fsp3) is 0.900. The van der Waals surface area contributed by atoms with E-state index in [1.807, 2.05) is 0 Å². The molecule has 62 valence electrons. The molecule has 1 saturated carbocycles. The Morgan fingerprint density at radius 3 is 3.00 bits per heavy atom. The number of aliphatic imine (C=N–C) groups is 1. The average Bonchev–Trinajstić information content (AvgIpc) is 2.06. The maximum atomic E-state index is 4.62. The zero-order chi connectivity index (χ0) is 7.68. The van der Waals surface area contributed by atoms with E-state index < -0.39 is 0 Å². The molecule has 0 spiro atoms. The summed E-state index contributed by atoms with van der Waals surface area (Å²) in [4.78, 5) is 4.62. The second-order valence-electron chi connectivity index (χ2n) is 3.99. The van der Waals surface area contributed by atoms with Crippen LogP contribution in [0, 0.1) is 11.8 Å². The molecule has 0 bridgehead atoms. The molecule has 0 amide bonds. The molecule has 2 aliphatic rings. The zero-order valence-electron chi connectivity index (χ0n) is 7.34. The lowest BCUT2D eigenvalue weighted by molar-refractivity contribution is 0.356. The lowest BCUT2D eigenvalue weighted by Crippen LogP contribution is -2.29. The summed E-state index contributed by atoms with van der Waals surface area (Å²) < 4.78 is 0. The minimum absolute atomic E-state index is 0.873. The van der Waals surface area contributed by atoms with Crippen molar-refractivity contribution in [3.05, 3.63) is 0 Å². The monoisotopic (exact) mass is 151 g/mol. The SMILES string of the molecule is C[C@@H]1CCN=C2CCCC[C@@H]21. The molecule has 0 aromatic carbocycles. The van der Waals surface area contributed by atoms with Gasteiger partial charge in [-0.3, -0.25) is 4.99 Å².